The number of ether oxygens (including phenoxy) is 2. The molecule has 2 N–H and O–H groups in total. The highest BCUT2D eigenvalue weighted by Gasteiger charge is 2.19. The molecular formula is C24H24N2O8S2. The first-order valence-electron chi connectivity index (χ1n) is 10.5. The van der Waals surface area contributed by atoms with Gasteiger partial charge < -0.3 is 9.47 Å². The quantitative estimate of drug-likeness (QED) is 0.448. The van der Waals surface area contributed by atoms with Gasteiger partial charge in [0.05, 0.1) is 9.79 Å². The predicted octanol–water partition coefficient (Wildman–Crippen LogP) is 3.53. The predicted molar refractivity (Wildman–Crippen MR) is 130 cm³/mol. The van der Waals surface area contributed by atoms with Crippen molar-refractivity contribution < 1.29 is 35.9 Å². The van der Waals surface area contributed by atoms with Gasteiger partial charge in [0.25, 0.3) is 20.0 Å². The van der Waals surface area contributed by atoms with Gasteiger partial charge in [-0.15, -0.1) is 0 Å². The van der Waals surface area contributed by atoms with Crippen LogP contribution in [-0.4, -0.2) is 29.0 Å². The standard InChI is InChI=1S/C24H24N2O8S2/c1-17-3-11-21(12-4-17)35(29,30)25-23(27)33-15-19-7-9-20(10-8-19)16-34-24(28)26-36(31,32)22-13-5-18(2)6-14-22/h3-14H,15-16H2,1-2H3,(H,25,27)(H,26,28). The molecule has 0 aliphatic rings. The Morgan fingerprint density at radius 2 is 0.889 bits per heavy atom. The van der Waals surface area contributed by atoms with Crippen LogP contribution in [0.4, 0.5) is 9.59 Å². The maximum absolute atomic E-state index is 12.2. The molecule has 0 heterocycles. The molecule has 0 bridgehead atoms. The molecule has 0 aliphatic carbocycles. The molecule has 0 spiro atoms. The molecule has 36 heavy (non-hydrogen) atoms. The first-order valence-corrected chi connectivity index (χ1v) is 13.5. The number of hydrogen-bond donors (Lipinski definition) is 2. The lowest BCUT2D eigenvalue weighted by Gasteiger charge is -2.10. The maximum Gasteiger partial charge on any atom is 0.421 e. The van der Waals surface area contributed by atoms with Gasteiger partial charge in [-0.2, -0.15) is 0 Å². The molecule has 12 heteroatoms. The second-order valence-corrected chi connectivity index (χ2v) is 11.2. The Balaban J connectivity index is 1.46. The van der Waals surface area contributed by atoms with Gasteiger partial charge >= 0.3 is 12.2 Å². The topological polar surface area (TPSA) is 145 Å². The third-order valence-electron chi connectivity index (χ3n) is 4.86. The van der Waals surface area contributed by atoms with Gasteiger partial charge in [-0.1, -0.05) is 59.7 Å². The number of carbonyl (C=O) groups excluding carboxylic acids is 2. The summed E-state index contributed by atoms with van der Waals surface area (Å²) in [6.45, 7) is 3.21. The molecule has 0 radical (unpaired) electrons. The molecule has 0 saturated carbocycles. The van der Waals surface area contributed by atoms with Gasteiger partial charge in [0, 0.05) is 0 Å². The fraction of sp³-hybridized carbons (Fsp3) is 0.167. The Hall–Kier alpha value is -3.90. The van der Waals surface area contributed by atoms with Gasteiger partial charge in [0.15, 0.2) is 0 Å². The van der Waals surface area contributed by atoms with E-state index in [1.807, 2.05) is 9.44 Å². The highest BCUT2D eigenvalue weighted by Crippen LogP contribution is 2.12. The van der Waals surface area contributed by atoms with Crippen LogP contribution in [0.2, 0.25) is 0 Å². The van der Waals surface area contributed by atoms with E-state index in [-0.39, 0.29) is 23.0 Å². The van der Waals surface area contributed by atoms with Crippen molar-refractivity contribution >= 4 is 32.2 Å². The average molecular weight is 533 g/mol. The molecule has 190 valence electrons. The second-order valence-electron chi connectivity index (χ2n) is 7.81. The maximum atomic E-state index is 12.2. The van der Waals surface area contributed by atoms with E-state index in [1.165, 1.54) is 24.3 Å². The summed E-state index contributed by atoms with van der Waals surface area (Å²) in [5, 5.41) is 0. The van der Waals surface area contributed by atoms with Crippen molar-refractivity contribution in [3.8, 4) is 0 Å². The number of amides is 2. The van der Waals surface area contributed by atoms with Gasteiger partial charge in [-0.25, -0.2) is 35.9 Å². The zero-order chi connectivity index (χ0) is 26.3. The van der Waals surface area contributed by atoms with E-state index in [0.29, 0.717) is 11.1 Å². The van der Waals surface area contributed by atoms with Crippen LogP contribution in [0.3, 0.4) is 0 Å². The molecule has 0 saturated heterocycles. The second kappa shape index (κ2) is 11.2. The minimum atomic E-state index is -4.06. The fourth-order valence-electron chi connectivity index (χ4n) is 2.86. The molecule has 0 fully saturated rings. The first-order chi connectivity index (χ1) is 16.9. The lowest BCUT2D eigenvalue weighted by molar-refractivity contribution is 0.144. The van der Waals surface area contributed by atoms with Crippen molar-refractivity contribution in [3.63, 3.8) is 0 Å². The number of benzene rings is 3. The van der Waals surface area contributed by atoms with E-state index in [1.54, 1.807) is 62.4 Å². The van der Waals surface area contributed by atoms with E-state index in [9.17, 15) is 26.4 Å². The summed E-state index contributed by atoms with van der Waals surface area (Å²) in [4.78, 5) is 23.7. The Kier molecular flexibility index (Phi) is 8.33. The SMILES string of the molecule is Cc1ccc(S(=O)(=O)NC(=O)OCc2ccc(COC(=O)NS(=O)(=O)c3ccc(C)cc3)cc2)cc1. The normalized spacial score (nSPS) is 11.4. The molecule has 10 nitrogen and oxygen atoms in total. The van der Waals surface area contributed by atoms with Gasteiger partial charge in [0.1, 0.15) is 13.2 Å². The average Bonchev–Trinajstić information content (AvgIpc) is 2.82. The van der Waals surface area contributed by atoms with Crippen LogP contribution in [0, 0.1) is 13.8 Å². The molecule has 0 aromatic heterocycles. The highest BCUT2D eigenvalue weighted by molar-refractivity contribution is 7.90. The smallest absolute Gasteiger partial charge is 0.421 e. The van der Waals surface area contributed by atoms with Crippen molar-refractivity contribution in [2.75, 3.05) is 0 Å². The minimum Gasteiger partial charge on any atom is -0.444 e. The lowest BCUT2D eigenvalue weighted by Crippen LogP contribution is -2.31. The molecule has 2 amide bonds. The molecule has 0 atom stereocenters. The summed E-state index contributed by atoms with van der Waals surface area (Å²) in [7, 11) is -8.12. The Bertz CT molecular complexity index is 1320. The highest BCUT2D eigenvalue weighted by atomic mass is 32.2. The van der Waals surface area contributed by atoms with Crippen LogP contribution in [0.15, 0.2) is 82.6 Å². The van der Waals surface area contributed by atoms with Gasteiger partial charge in [0.2, 0.25) is 0 Å². The van der Waals surface area contributed by atoms with Crippen LogP contribution >= 0.6 is 0 Å². The van der Waals surface area contributed by atoms with Crippen molar-refractivity contribution in [2.24, 2.45) is 0 Å². The van der Waals surface area contributed by atoms with Crippen molar-refractivity contribution in [1.82, 2.24) is 9.44 Å². The minimum absolute atomic E-state index is 0.0647. The zero-order valence-corrected chi connectivity index (χ0v) is 21.1. The Morgan fingerprint density at radius 3 is 1.19 bits per heavy atom. The molecule has 3 rings (SSSR count). The van der Waals surface area contributed by atoms with Crippen LogP contribution < -0.4 is 9.44 Å². The molecule has 3 aromatic rings. The van der Waals surface area contributed by atoms with Crippen LogP contribution in [-0.2, 0) is 42.7 Å². The summed E-state index contributed by atoms with van der Waals surface area (Å²) < 4.78 is 62.5. The van der Waals surface area contributed by atoms with Crippen molar-refractivity contribution in [3.05, 3.63) is 95.1 Å². The zero-order valence-electron chi connectivity index (χ0n) is 19.4. The van der Waals surface area contributed by atoms with E-state index >= 15 is 0 Å². The molecular weight excluding hydrogens is 508 g/mol. The number of aryl methyl sites for hydroxylation is 2. The van der Waals surface area contributed by atoms with Crippen molar-refractivity contribution in [2.45, 2.75) is 36.9 Å². The van der Waals surface area contributed by atoms with E-state index in [0.717, 1.165) is 11.1 Å². The lowest BCUT2D eigenvalue weighted by atomic mass is 10.1. The van der Waals surface area contributed by atoms with Gasteiger partial charge in [-0.05, 0) is 49.2 Å². The van der Waals surface area contributed by atoms with Crippen LogP contribution in [0.1, 0.15) is 22.3 Å². The summed E-state index contributed by atoms with van der Waals surface area (Å²) in [6.07, 6.45) is -2.26. The van der Waals surface area contributed by atoms with E-state index in [2.05, 4.69) is 0 Å². The molecule has 0 aliphatic heterocycles. The van der Waals surface area contributed by atoms with E-state index < -0.39 is 32.2 Å². The van der Waals surface area contributed by atoms with Gasteiger partial charge in [-0.3, -0.25) is 0 Å². The summed E-state index contributed by atoms with van der Waals surface area (Å²) in [6, 6.07) is 18.3. The number of rotatable bonds is 8. The van der Waals surface area contributed by atoms with Crippen LogP contribution in [0.25, 0.3) is 0 Å². The third kappa shape index (κ3) is 7.55. The van der Waals surface area contributed by atoms with E-state index in [4.69, 9.17) is 9.47 Å². The number of carbonyl (C=O) groups is 2. The third-order valence-corrected chi connectivity index (χ3v) is 7.52. The number of hydrogen-bond acceptors (Lipinski definition) is 8. The first kappa shape index (κ1) is 26.7. The monoisotopic (exact) mass is 532 g/mol. The largest absolute Gasteiger partial charge is 0.444 e. The van der Waals surface area contributed by atoms with Crippen LogP contribution in [0.5, 0.6) is 0 Å². The Morgan fingerprint density at radius 1 is 0.583 bits per heavy atom. The molecule has 3 aromatic carbocycles. The summed E-state index contributed by atoms with van der Waals surface area (Å²) in [5.74, 6) is 0. The number of sulfonamides is 2. The Labute approximate surface area is 209 Å². The fourth-order valence-corrected chi connectivity index (χ4v) is 4.64. The summed E-state index contributed by atoms with van der Waals surface area (Å²) in [5.41, 5.74) is 2.85. The molecule has 0 unspecified atom stereocenters. The summed E-state index contributed by atoms with van der Waals surface area (Å²) >= 11 is 0. The number of nitrogens with one attached hydrogen (secondary N) is 2. The van der Waals surface area contributed by atoms with Crippen molar-refractivity contribution in [1.29, 1.82) is 0 Å².